The van der Waals surface area contributed by atoms with Crippen molar-refractivity contribution < 1.29 is 0 Å². The molecule has 4 aromatic carbocycles. The van der Waals surface area contributed by atoms with Gasteiger partial charge in [-0.25, -0.2) is 0 Å². The van der Waals surface area contributed by atoms with Crippen molar-refractivity contribution in [2.75, 3.05) is 0 Å². The quantitative estimate of drug-likeness (QED) is 0.143. The highest BCUT2D eigenvalue weighted by Gasteiger charge is 2.25. The van der Waals surface area contributed by atoms with Gasteiger partial charge in [-0.15, -0.1) is 0 Å². The molecule has 1 saturated heterocycles. The van der Waals surface area contributed by atoms with Crippen LogP contribution in [0.25, 0.3) is 22.3 Å². The van der Waals surface area contributed by atoms with Crippen molar-refractivity contribution in [3.63, 3.8) is 0 Å². The van der Waals surface area contributed by atoms with E-state index < -0.39 is 0 Å². The lowest BCUT2D eigenvalue weighted by molar-refractivity contribution is 1.05. The van der Waals surface area contributed by atoms with Crippen molar-refractivity contribution in [1.82, 2.24) is 20.3 Å². The maximum Gasteiger partial charge on any atom is 0.0485 e. The van der Waals surface area contributed by atoms with Gasteiger partial charge in [0.2, 0.25) is 0 Å². The summed E-state index contributed by atoms with van der Waals surface area (Å²) in [5, 5.41) is 6.06. The molecule has 0 saturated carbocycles. The summed E-state index contributed by atoms with van der Waals surface area (Å²) in [5.74, 6) is 0. The van der Waals surface area contributed by atoms with Crippen LogP contribution in [-0.4, -0.2) is 15.0 Å². The number of rotatable bonds is 4. The summed E-state index contributed by atoms with van der Waals surface area (Å²) in [7, 11) is 0. The van der Waals surface area contributed by atoms with Crippen LogP contribution in [0.2, 0.25) is 0 Å². The van der Waals surface area contributed by atoms with Gasteiger partial charge >= 0.3 is 0 Å². The molecule has 0 spiro atoms. The van der Waals surface area contributed by atoms with Gasteiger partial charge in [-0.3, -0.25) is 0 Å². The maximum absolute atomic E-state index is 3.95. The van der Waals surface area contributed by atoms with E-state index in [-0.39, 0.29) is 0 Å². The minimum absolute atomic E-state index is 0.911. The third-order valence-electron chi connectivity index (χ3n) is 9.45. The fourth-order valence-electron chi connectivity index (χ4n) is 7.31. The van der Waals surface area contributed by atoms with Crippen LogP contribution < -0.4 is 16.0 Å². The summed E-state index contributed by atoms with van der Waals surface area (Å²) in [5.41, 5.74) is 16.1. The number of hydrogen-bond acceptors (Lipinski definition) is 1. The molecule has 5 heterocycles. The van der Waals surface area contributed by atoms with Crippen molar-refractivity contribution in [3.05, 3.63) is 225 Å². The fourth-order valence-corrected chi connectivity index (χ4v) is 7.31. The molecule has 4 heteroatoms. The predicted octanol–water partition coefficient (Wildman–Crippen LogP) is 12.2. The molecule has 3 aromatic heterocycles. The molecule has 4 N–H and O–H groups in total. The zero-order chi connectivity index (χ0) is 39.9. The average molecular weight is 739 g/mol. The fraction of sp³-hybridized carbons (Fsp3) is 0.192. The summed E-state index contributed by atoms with van der Waals surface area (Å²) < 4.78 is 0. The van der Waals surface area contributed by atoms with Gasteiger partial charge in [0.05, 0.1) is 0 Å². The van der Waals surface area contributed by atoms with Gasteiger partial charge in [0.15, 0.2) is 0 Å². The van der Waals surface area contributed by atoms with Crippen LogP contribution in [0.5, 0.6) is 0 Å². The standard InChI is InChI=1S/C44H34N4.4C2H6/c1-5-13-29(14-6-1)41-33-21-23-35(45-33)42(30-15-7-2-8-16-30)37-25-27-39(47-37)44(32-19-11-4-12-20-32)40-28-26-38(48-40)43(31-17-9-3-10-18-31)36-24-22-34(41)46-36;4*1-2/h1-25,27,45-48H,26,28H2;4*1-2H3. The van der Waals surface area contributed by atoms with Gasteiger partial charge < -0.3 is 20.3 Å². The smallest absolute Gasteiger partial charge is 0.0485 e. The van der Waals surface area contributed by atoms with Gasteiger partial charge in [0, 0.05) is 67.2 Å². The van der Waals surface area contributed by atoms with Crippen LogP contribution >= 0.6 is 0 Å². The Bertz CT molecular complexity index is 2270. The first-order valence-electron chi connectivity index (χ1n) is 20.6. The molecule has 8 bridgehead atoms. The number of fused-ring (bicyclic) bond motifs is 8. The minimum Gasteiger partial charge on any atom is -0.361 e. The number of nitrogens with one attached hydrogen (secondary N) is 4. The van der Waals surface area contributed by atoms with Crippen molar-refractivity contribution in [1.29, 1.82) is 0 Å². The van der Waals surface area contributed by atoms with Crippen LogP contribution in [0.4, 0.5) is 0 Å². The molecular formula is C52H58N4. The molecule has 1 fully saturated rings. The number of hydrogen-bond donors (Lipinski definition) is 4. The Balaban J connectivity index is 0.000000707. The van der Waals surface area contributed by atoms with E-state index in [9.17, 15) is 0 Å². The topological polar surface area (TPSA) is 59.4 Å². The molecule has 2 aliphatic rings. The zero-order valence-corrected chi connectivity index (χ0v) is 34.4. The Morgan fingerprint density at radius 2 is 0.554 bits per heavy atom. The van der Waals surface area contributed by atoms with Crippen molar-refractivity contribution >= 4 is 22.3 Å². The third-order valence-corrected chi connectivity index (χ3v) is 9.45. The molecule has 0 aliphatic carbocycles. The summed E-state index contributed by atoms with van der Waals surface area (Å²) in [6.45, 7) is 16.0. The van der Waals surface area contributed by atoms with Gasteiger partial charge in [-0.05, 0) is 71.5 Å². The maximum atomic E-state index is 3.95. The van der Waals surface area contributed by atoms with E-state index in [1.807, 2.05) is 55.4 Å². The average Bonchev–Trinajstić information content (AvgIpc) is 4.14. The predicted molar refractivity (Wildman–Crippen MR) is 240 cm³/mol. The number of H-pyrrole nitrogens is 3. The van der Waals surface area contributed by atoms with Crippen LogP contribution in [0.1, 0.15) is 113 Å². The van der Waals surface area contributed by atoms with Gasteiger partial charge in [-0.1, -0.05) is 177 Å². The molecule has 56 heavy (non-hydrogen) atoms. The van der Waals surface area contributed by atoms with E-state index in [4.69, 9.17) is 0 Å². The number of aromatic amines is 3. The highest BCUT2D eigenvalue weighted by molar-refractivity contribution is 5.87. The van der Waals surface area contributed by atoms with Crippen molar-refractivity contribution in [2.45, 2.75) is 68.2 Å². The lowest BCUT2D eigenvalue weighted by Gasteiger charge is -2.15. The minimum atomic E-state index is 0.911. The van der Waals surface area contributed by atoms with E-state index in [1.165, 1.54) is 33.7 Å². The Hall–Kier alpha value is -6.26. The Kier molecular flexibility index (Phi) is 14.9. The Morgan fingerprint density at radius 1 is 0.286 bits per heavy atom. The molecule has 0 amide bonds. The SMILES string of the molecule is CC.CC.CC.CC.c1ccc(C2=C3CCC(=C(c4ccccc4)c4ccc([nH]4)C(c4ccccc4)=c4ccc([nH]4)=C(c4ccccc4)c4ccc2[nH]4)N3)cc1. The van der Waals surface area contributed by atoms with E-state index in [2.05, 4.69) is 178 Å². The third kappa shape index (κ3) is 8.66. The van der Waals surface area contributed by atoms with Crippen LogP contribution in [0.3, 0.4) is 0 Å². The summed E-state index contributed by atoms with van der Waals surface area (Å²) in [6, 6.07) is 56.1. The first kappa shape index (κ1) is 40.9. The van der Waals surface area contributed by atoms with E-state index in [0.717, 1.165) is 68.6 Å². The molecule has 7 aromatic rings. The van der Waals surface area contributed by atoms with E-state index in [1.54, 1.807) is 0 Å². The lowest BCUT2D eigenvalue weighted by atomic mass is 9.99. The molecule has 0 radical (unpaired) electrons. The van der Waals surface area contributed by atoms with E-state index >= 15 is 0 Å². The lowest BCUT2D eigenvalue weighted by Crippen LogP contribution is -2.17. The van der Waals surface area contributed by atoms with Crippen LogP contribution in [0, 0.1) is 0 Å². The molecule has 0 unspecified atom stereocenters. The molecule has 2 aliphatic heterocycles. The largest absolute Gasteiger partial charge is 0.361 e. The highest BCUT2D eigenvalue weighted by Crippen LogP contribution is 2.38. The van der Waals surface area contributed by atoms with Gasteiger partial charge in [0.1, 0.15) is 0 Å². The molecular weight excluding hydrogens is 681 g/mol. The Labute approximate surface area is 334 Å². The van der Waals surface area contributed by atoms with Crippen molar-refractivity contribution in [3.8, 4) is 0 Å². The molecule has 0 atom stereocenters. The normalized spacial score (nSPS) is 12.8. The first-order chi connectivity index (χ1) is 27.8. The number of allylic oxidation sites excluding steroid dienone is 2. The number of benzene rings is 4. The second-order valence-electron chi connectivity index (χ2n) is 12.4. The van der Waals surface area contributed by atoms with Crippen LogP contribution in [0.15, 0.2) is 169 Å². The summed E-state index contributed by atoms with van der Waals surface area (Å²) in [6.07, 6.45) is 1.82. The Morgan fingerprint density at radius 3 is 0.857 bits per heavy atom. The second kappa shape index (κ2) is 20.4. The van der Waals surface area contributed by atoms with Crippen molar-refractivity contribution in [2.24, 2.45) is 0 Å². The number of aromatic nitrogens is 3. The van der Waals surface area contributed by atoms with Gasteiger partial charge in [0.25, 0.3) is 0 Å². The monoisotopic (exact) mass is 738 g/mol. The first-order valence-corrected chi connectivity index (χ1v) is 20.6. The highest BCUT2D eigenvalue weighted by atomic mass is 14.9. The zero-order valence-electron chi connectivity index (χ0n) is 34.4. The summed E-state index contributed by atoms with van der Waals surface area (Å²) >= 11 is 0. The second-order valence-corrected chi connectivity index (χ2v) is 12.4. The molecule has 4 nitrogen and oxygen atoms in total. The molecule has 286 valence electrons. The van der Waals surface area contributed by atoms with E-state index in [0.29, 0.717) is 0 Å². The molecule has 9 rings (SSSR count). The van der Waals surface area contributed by atoms with Gasteiger partial charge in [-0.2, -0.15) is 0 Å². The summed E-state index contributed by atoms with van der Waals surface area (Å²) in [4.78, 5) is 11.6. The van der Waals surface area contributed by atoms with Crippen LogP contribution in [-0.2, 0) is 0 Å².